The van der Waals surface area contributed by atoms with E-state index in [0.29, 0.717) is 29.7 Å². The molecule has 1 aromatic heterocycles. The zero-order chi connectivity index (χ0) is 14.5. The van der Waals surface area contributed by atoms with Gasteiger partial charge >= 0.3 is 0 Å². The molecule has 4 nitrogen and oxygen atoms in total. The second-order valence-corrected chi connectivity index (χ2v) is 5.49. The Bertz CT molecular complexity index is 571. The molecule has 0 bridgehead atoms. The average molecular weight is 314 g/mol. The van der Waals surface area contributed by atoms with Gasteiger partial charge in [0.25, 0.3) is 0 Å². The molecule has 2 aromatic rings. The van der Waals surface area contributed by atoms with Crippen LogP contribution in [-0.2, 0) is 13.1 Å². The molecule has 1 aromatic carbocycles. The molecule has 0 unspecified atom stereocenters. The summed E-state index contributed by atoms with van der Waals surface area (Å²) in [5.74, 6) is 0.887. The van der Waals surface area contributed by atoms with Crippen LogP contribution in [0, 0.1) is 6.92 Å². The van der Waals surface area contributed by atoms with Gasteiger partial charge in [0.2, 0.25) is 0 Å². The van der Waals surface area contributed by atoms with Crippen molar-refractivity contribution in [2.24, 2.45) is 0 Å². The largest absolute Gasteiger partial charge is 0.395 e. The average Bonchev–Trinajstić information content (AvgIpc) is 2.80. The predicted octanol–water partition coefficient (Wildman–Crippen LogP) is 3.02. The molecule has 0 saturated carbocycles. The Labute approximate surface area is 128 Å². The van der Waals surface area contributed by atoms with Crippen LogP contribution in [0.4, 0.5) is 0 Å². The summed E-state index contributed by atoms with van der Waals surface area (Å²) in [4.78, 5) is 9.49. The number of nitrogens with one attached hydrogen (secondary N) is 1. The number of aliphatic hydroxyl groups excluding tert-OH is 1. The molecule has 0 aliphatic heterocycles. The zero-order valence-corrected chi connectivity index (χ0v) is 12.7. The van der Waals surface area contributed by atoms with Gasteiger partial charge in [-0.1, -0.05) is 29.3 Å². The molecule has 20 heavy (non-hydrogen) atoms. The second kappa shape index (κ2) is 7.09. The minimum Gasteiger partial charge on any atom is -0.395 e. The summed E-state index contributed by atoms with van der Waals surface area (Å²) < 4.78 is 0. The maximum atomic E-state index is 9.18. The topological polar surface area (TPSA) is 52.1 Å². The zero-order valence-electron chi connectivity index (χ0n) is 11.2. The summed E-state index contributed by atoms with van der Waals surface area (Å²) in [6, 6.07) is 5.58. The fraction of sp³-hybridized carbons (Fsp3) is 0.357. The van der Waals surface area contributed by atoms with Crippen LogP contribution in [-0.4, -0.2) is 33.1 Å². The van der Waals surface area contributed by atoms with Crippen LogP contribution in [0.15, 0.2) is 24.4 Å². The first-order valence-electron chi connectivity index (χ1n) is 6.36. The van der Waals surface area contributed by atoms with Gasteiger partial charge in [-0.3, -0.25) is 4.90 Å². The number of benzene rings is 1. The number of rotatable bonds is 6. The molecule has 0 fully saturated rings. The lowest BCUT2D eigenvalue weighted by atomic mass is 10.2. The Morgan fingerprint density at radius 3 is 2.65 bits per heavy atom. The maximum Gasteiger partial charge on any atom is 0.103 e. The molecule has 0 aliphatic rings. The van der Waals surface area contributed by atoms with Crippen LogP contribution in [0.25, 0.3) is 0 Å². The summed E-state index contributed by atoms with van der Waals surface area (Å²) in [5, 5.41) is 10.3. The van der Waals surface area contributed by atoms with Crippen molar-refractivity contribution >= 4 is 23.2 Å². The van der Waals surface area contributed by atoms with Gasteiger partial charge in [-0.15, -0.1) is 0 Å². The third-order valence-electron chi connectivity index (χ3n) is 2.96. The van der Waals surface area contributed by atoms with Gasteiger partial charge < -0.3 is 10.1 Å². The number of H-pyrrole nitrogens is 1. The van der Waals surface area contributed by atoms with Gasteiger partial charge in [0, 0.05) is 31.5 Å². The van der Waals surface area contributed by atoms with Gasteiger partial charge in [0.15, 0.2) is 0 Å². The second-order valence-electron chi connectivity index (χ2n) is 4.68. The van der Waals surface area contributed by atoms with E-state index >= 15 is 0 Å². The van der Waals surface area contributed by atoms with Crippen LogP contribution in [0.3, 0.4) is 0 Å². The molecule has 0 radical (unpaired) electrons. The molecule has 0 spiro atoms. The fourth-order valence-electron chi connectivity index (χ4n) is 2.04. The molecule has 2 N–H and O–H groups in total. The van der Waals surface area contributed by atoms with Crippen molar-refractivity contribution < 1.29 is 5.11 Å². The summed E-state index contributed by atoms with van der Waals surface area (Å²) in [7, 11) is 0. The Morgan fingerprint density at radius 1 is 1.25 bits per heavy atom. The SMILES string of the molecule is Cc1ncc(CN(CCO)Cc2ccc(Cl)c(Cl)c2)[nH]1. The first-order chi connectivity index (χ1) is 9.58. The van der Waals surface area contributed by atoms with Crippen molar-refractivity contribution in [3.05, 3.63) is 51.5 Å². The standard InChI is InChI=1S/C14H17Cl2N3O/c1-10-17-7-12(18-10)9-19(4-5-20)8-11-2-3-13(15)14(16)6-11/h2-3,6-7,20H,4-5,8-9H2,1H3,(H,17,18). The van der Waals surface area contributed by atoms with Crippen molar-refractivity contribution in [3.63, 3.8) is 0 Å². The van der Waals surface area contributed by atoms with Crippen molar-refractivity contribution in [1.82, 2.24) is 14.9 Å². The predicted molar refractivity (Wildman–Crippen MR) is 81.0 cm³/mol. The summed E-state index contributed by atoms with van der Waals surface area (Å²) >= 11 is 11.9. The Hall–Kier alpha value is -1.07. The normalized spacial score (nSPS) is 11.2. The first-order valence-corrected chi connectivity index (χ1v) is 7.11. The maximum absolute atomic E-state index is 9.18. The minimum atomic E-state index is 0.106. The molecule has 0 saturated heterocycles. The third-order valence-corrected chi connectivity index (χ3v) is 3.69. The summed E-state index contributed by atoms with van der Waals surface area (Å²) in [6.45, 7) is 3.99. The summed E-state index contributed by atoms with van der Waals surface area (Å²) in [5.41, 5.74) is 2.08. The van der Waals surface area contributed by atoms with E-state index in [1.165, 1.54) is 0 Å². The van der Waals surface area contributed by atoms with E-state index in [0.717, 1.165) is 17.1 Å². The smallest absolute Gasteiger partial charge is 0.103 e. The Kier molecular flexibility index (Phi) is 5.43. The lowest BCUT2D eigenvalue weighted by Gasteiger charge is -2.20. The van der Waals surface area contributed by atoms with Crippen LogP contribution >= 0.6 is 23.2 Å². The third kappa shape index (κ3) is 4.21. The summed E-state index contributed by atoms with van der Waals surface area (Å²) in [6.07, 6.45) is 1.81. The fourth-order valence-corrected chi connectivity index (χ4v) is 2.37. The van der Waals surface area contributed by atoms with Gasteiger partial charge in [-0.25, -0.2) is 4.98 Å². The van der Waals surface area contributed by atoms with E-state index in [4.69, 9.17) is 23.2 Å². The van der Waals surface area contributed by atoms with Gasteiger partial charge in [0.05, 0.1) is 16.7 Å². The number of aliphatic hydroxyl groups is 1. The van der Waals surface area contributed by atoms with Crippen molar-refractivity contribution in [2.75, 3.05) is 13.2 Å². The van der Waals surface area contributed by atoms with E-state index in [-0.39, 0.29) is 6.61 Å². The number of aromatic amines is 1. The van der Waals surface area contributed by atoms with E-state index in [2.05, 4.69) is 14.9 Å². The number of imidazole rings is 1. The number of hydrogen-bond donors (Lipinski definition) is 2. The van der Waals surface area contributed by atoms with Gasteiger partial charge in [0.1, 0.15) is 5.82 Å². The van der Waals surface area contributed by atoms with Gasteiger partial charge in [-0.2, -0.15) is 0 Å². The molecule has 1 heterocycles. The molecule has 0 aliphatic carbocycles. The monoisotopic (exact) mass is 313 g/mol. The molecule has 6 heteroatoms. The molecular formula is C14H17Cl2N3O. The highest BCUT2D eigenvalue weighted by Crippen LogP contribution is 2.23. The molecule has 108 valence electrons. The molecule has 0 amide bonds. The van der Waals surface area contributed by atoms with Crippen LogP contribution in [0.1, 0.15) is 17.1 Å². The van der Waals surface area contributed by atoms with E-state index in [9.17, 15) is 5.11 Å². The Morgan fingerprint density at radius 2 is 2.05 bits per heavy atom. The van der Waals surface area contributed by atoms with E-state index < -0.39 is 0 Å². The first kappa shape index (κ1) is 15.3. The lowest BCUT2D eigenvalue weighted by molar-refractivity contribution is 0.183. The quantitative estimate of drug-likeness (QED) is 0.862. The van der Waals surface area contributed by atoms with Crippen LogP contribution in [0.2, 0.25) is 10.0 Å². The highest BCUT2D eigenvalue weighted by Gasteiger charge is 2.09. The number of nitrogens with zero attached hydrogens (tertiary/aromatic N) is 2. The van der Waals surface area contributed by atoms with Gasteiger partial charge in [-0.05, 0) is 24.6 Å². The number of aryl methyl sites for hydroxylation is 1. The molecule has 2 rings (SSSR count). The molecular weight excluding hydrogens is 297 g/mol. The van der Waals surface area contributed by atoms with Crippen LogP contribution in [0.5, 0.6) is 0 Å². The highest BCUT2D eigenvalue weighted by atomic mass is 35.5. The van der Waals surface area contributed by atoms with Crippen LogP contribution < -0.4 is 0 Å². The van der Waals surface area contributed by atoms with Crippen molar-refractivity contribution in [2.45, 2.75) is 20.0 Å². The van der Waals surface area contributed by atoms with Crippen molar-refractivity contribution in [3.8, 4) is 0 Å². The van der Waals surface area contributed by atoms with E-state index in [1.807, 2.05) is 25.3 Å². The number of aromatic nitrogens is 2. The number of halogens is 2. The minimum absolute atomic E-state index is 0.106. The van der Waals surface area contributed by atoms with E-state index in [1.54, 1.807) is 6.07 Å². The van der Waals surface area contributed by atoms with Crippen molar-refractivity contribution in [1.29, 1.82) is 0 Å². The Balaban J connectivity index is 2.06. The highest BCUT2D eigenvalue weighted by molar-refractivity contribution is 6.42. The lowest BCUT2D eigenvalue weighted by Crippen LogP contribution is -2.26. The number of hydrogen-bond acceptors (Lipinski definition) is 3. The molecule has 0 atom stereocenters.